The Morgan fingerprint density at radius 1 is 1.06 bits per heavy atom. The quantitative estimate of drug-likeness (QED) is 0.592. The third kappa shape index (κ3) is 4.56. The van der Waals surface area contributed by atoms with E-state index in [2.05, 4.69) is 46.5 Å². The van der Waals surface area contributed by atoms with E-state index in [0.29, 0.717) is 11.3 Å². The number of benzene rings is 1. The smallest absolute Gasteiger partial charge is 0.314 e. The molecule has 31 heavy (non-hydrogen) atoms. The first kappa shape index (κ1) is 20.7. The standard InChI is InChI=1S/C26H38N4O/c1-19(29-23-6-4-3-5-7-23)30-10-8-20(9-11-30)17-27-24(31)28-18-25(2)12-21-13-26(14-21)16-22(26)15-25/h3-7,20-22,29H,1,8-18H2,2H3,(H2,27,28,31)/t21?,22-,25-,26?/m1/s1. The minimum absolute atomic E-state index is 0.0147. The fraction of sp³-hybridized carbons (Fsp3) is 0.654. The molecule has 0 aromatic heterocycles. The van der Waals surface area contributed by atoms with Crippen LogP contribution in [0.3, 0.4) is 0 Å². The number of nitrogens with one attached hydrogen (secondary N) is 3. The van der Waals surface area contributed by atoms with E-state index in [1.807, 2.05) is 18.2 Å². The highest BCUT2D eigenvalue weighted by Gasteiger charge is 2.65. The van der Waals surface area contributed by atoms with E-state index < -0.39 is 0 Å². The molecule has 1 spiro atoms. The molecule has 0 radical (unpaired) electrons. The summed E-state index contributed by atoms with van der Waals surface area (Å²) >= 11 is 0. The Morgan fingerprint density at radius 3 is 2.55 bits per heavy atom. The minimum atomic E-state index is 0.0147. The summed E-state index contributed by atoms with van der Waals surface area (Å²) in [5.41, 5.74) is 2.12. The number of likely N-dealkylation sites (tertiary alicyclic amines) is 1. The van der Waals surface area contributed by atoms with Gasteiger partial charge >= 0.3 is 6.03 Å². The first-order valence-electron chi connectivity index (χ1n) is 12.2. The molecule has 2 atom stereocenters. The van der Waals surface area contributed by atoms with Gasteiger partial charge in [0.15, 0.2) is 0 Å². The summed E-state index contributed by atoms with van der Waals surface area (Å²) in [7, 11) is 0. The summed E-state index contributed by atoms with van der Waals surface area (Å²) in [6.07, 6.45) is 9.15. The van der Waals surface area contributed by atoms with Crippen molar-refractivity contribution in [2.24, 2.45) is 28.6 Å². The maximum Gasteiger partial charge on any atom is 0.314 e. The number of nitrogens with zero attached hydrogens (tertiary/aromatic N) is 1. The summed E-state index contributed by atoms with van der Waals surface area (Å²) in [6, 6.07) is 10.2. The normalized spacial score (nSPS) is 34.0. The first-order chi connectivity index (χ1) is 14.9. The van der Waals surface area contributed by atoms with Gasteiger partial charge in [0.25, 0.3) is 0 Å². The van der Waals surface area contributed by atoms with Gasteiger partial charge in [-0.25, -0.2) is 4.79 Å². The van der Waals surface area contributed by atoms with Crippen molar-refractivity contribution in [2.75, 3.05) is 31.5 Å². The van der Waals surface area contributed by atoms with Crippen LogP contribution in [0, 0.1) is 28.6 Å². The van der Waals surface area contributed by atoms with E-state index >= 15 is 0 Å². The van der Waals surface area contributed by atoms with Crippen LogP contribution in [0.5, 0.6) is 0 Å². The molecular weight excluding hydrogens is 384 g/mol. The maximum absolute atomic E-state index is 12.5. The monoisotopic (exact) mass is 422 g/mol. The molecule has 0 unspecified atom stereocenters. The summed E-state index contributed by atoms with van der Waals surface area (Å²) in [6.45, 7) is 10.2. The molecule has 1 saturated heterocycles. The lowest BCUT2D eigenvalue weighted by Gasteiger charge is -2.38. The number of hydrogen-bond donors (Lipinski definition) is 3. The molecule has 5 nitrogen and oxygen atoms in total. The Balaban J connectivity index is 0.997. The van der Waals surface area contributed by atoms with E-state index in [1.165, 1.54) is 32.1 Å². The predicted molar refractivity (Wildman–Crippen MR) is 126 cm³/mol. The number of amides is 2. The first-order valence-corrected chi connectivity index (χ1v) is 12.2. The molecule has 3 N–H and O–H groups in total. The Hall–Kier alpha value is -2.17. The SMILES string of the molecule is C=C(Nc1ccccc1)N1CCC(CNC(=O)NC[C@]2(C)CC3CC4(C3)C[C@H]4C2)CC1. The Morgan fingerprint density at radius 2 is 1.81 bits per heavy atom. The van der Waals surface area contributed by atoms with Crippen molar-refractivity contribution in [2.45, 2.75) is 51.9 Å². The van der Waals surface area contributed by atoms with Gasteiger partial charge in [-0.3, -0.25) is 0 Å². The van der Waals surface area contributed by atoms with Crippen LogP contribution in [0.1, 0.15) is 51.9 Å². The number of carbonyl (C=O) groups is 1. The van der Waals surface area contributed by atoms with Crippen molar-refractivity contribution >= 4 is 11.7 Å². The average molecular weight is 423 g/mol. The number of carbonyl (C=O) groups excluding carboxylic acids is 1. The number of anilines is 1. The van der Waals surface area contributed by atoms with Crippen LogP contribution < -0.4 is 16.0 Å². The van der Waals surface area contributed by atoms with Crippen LogP contribution in [0.25, 0.3) is 0 Å². The summed E-state index contributed by atoms with van der Waals surface area (Å²) < 4.78 is 0. The van der Waals surface area contributed by atoms with Crippen LogP contribution in [-0.2, 0) is 0 Å². The van der Waals surface area contributed by atoms with Gasteiger partial charge in [0.1, 0.15) is 0 Å². The van der Waals surface area contributed by atoms with Gasteiger partial charge in [0.05, 0.1) is 5.82 Å². The van der Waals surface area contributed by atoms with Gasteiger partial charge in [-0.2, -0.15) is 0 Å². The predicted octanol–water partition coefficient (Wildman–Crippen LogP) is 4.80. The van der Waals surface area contributed by atoms with Crippen LogP contribution in [0.15, 0.2) is 42.7 Å². The third-order valence-corrected chi connectivity index (χ3v) is 8.56. The number of para-hydroxylation sites is 1. The molecule has 5 aliphatic rings. The molecule has 168 valence electrons. The van der Waals surface area contributed by atoms with Gasteiger partial charge in [-0.05, 0) is 85.7 Å². The van der Waals surface area contributed by atoms with E-state index in [4.69, 9.17) is 0 Å². The highest BCUT2D eigenvalue weighted by atomic mass is 16.2. The molecule has 2 amide bonds. The molecule has 1 aromatic rings. The Bertz CT molecular complexity index is 810. The van der Waals surface area contributed by atoms with Crippen molar-refractivity contribution in [1.29, 1.82) is 0 Å². The average Bonchev–Trinajstić information content (AvgIpc) is 3.47. The lowest BCUT2D eigenvalue weighted by atomic mass is 9.68. The van der Waals surface area contributed by atoms with Gasteiger partial charge in [0.2, 0.25) is 0 Å². The zero-order valence-electron chi connectivity index (χ0n) is 19.0. The zero-order valence-corrected chi connectivity index (χ0v) is 19.0. The molecule has 4 aliphatic carbocycles. The third-order valence-electron chi connectivity index (χ3n) is 8.56. The number of hydrogen-bond acceptors (Lipinski definition) is 3. The summed E-state index contributed by atoms with van der Waals surface area (Å²) in [5, 5.41) is 9.75. The molecular formula is C26H38N4O. The van der Waals surface area contributed by atoms with Gasteiger partial charge in [-0.1, -0.05) is 31.7 Å². The molecule has 6 rings (SSSR count). The van der Waals surface area contributed by atoms with Crippen molar-refractivity contribution in [1.82, 2.24) is 15.5 Å². The highest BCUT2D eigenvalue weighted by molar-refractivity contribution is 5.73. The van der Waals surface area contributed by atoms with Gasteiger partial charge in [-0.15, -0.1) is 0 Å². The van der Waals surface area contributed by atoms with E-state index in [-0.39, 0.29) is 6.03 Å². The summed E-state index contributed by atoms with van der Waals surface area (Å²) in [4.78, 5) is 14.8. The van der Waals surface area contributed by atoms with E-state index in [0.717, 1.165) is 67.8 Å². The lowest BCUT2D eigenvalue weighted by Crippen LogP contribution is -2.45. The second-order valence-corrected chi connectivity index (χ2v) is 11.2. The van der Waals surface area contributed by atoms with Crippen LogP contribution in [0.4, 0.5) is 10.5 Å². The van der Waals surface area contributed by atoms with Crippen molar-refractivity contribution in [3.8, 4) is 0 Å². The molecule has 5 heteroatoms. The largest absolute Gasteiger partial charge is 0.359 e. The maximum atomic E-state index is 12.5. The molecule has 1 heterocycles. The van der Waals surface area contributed by atoms with E-state index in [1.54, 1.807) is 0 Å². The fourth-order valence-electron chi connectivity index (χ4n) is 6.74. The van der Waals surface area contributed by atoms with E-state index in [9.17, 15) is 4.79 Å². The Labute approximate surface area is 187 Å². The van der Waals surface area contributed by atoms with Crippen LogP contribution in [0.2, 0.25) is 0 Å². The Kier molecular flexibility index (Phi) is 5.39. The second kappa shape index (κ2) is 8.07. The molecule has 1 aromatic carbocycles. The fourth-order valence-corrected chi connectivity index (χ4v) is 6.74. The van der Waals surface area contributed by atoms with Crippen molar-refractivity contribution < 1.29 is 4.79 Å². The molecule has 2 bridgehead atoms. The lowest BCUT2D eigenvalue weighted by molar-refractivity contribution is 0.132. The summed E-state index contributed by atoms with van der Waals surface area (Å²) in [5.74, 6) is 3.36. The van der Waals surface area contributed by atoms with Crippen LogP contribution in [-0.4, -0.2) is 37.1 Å². The molecule has 1 aliphatic heterocycles. The zero-order chi connectivity index (χ0) is 21.5. The molecule has 5 fully saturated rings. The topological polar surface area (TPSA) is 56.4 Å². The van der Waals surface area contributed by atoms with Crippen molar-refractivity contribution in [3.63, 3.8) is 0 Å². The van der Waals surface area contributed by atoms with Crippen molar-refractivity contribution in [3.05, 3.63) is 42.7 Å². The van der Waals surface area contributed by atoms with Gasteiger partial charge < -0.3 is 20.9 Å². The number of piperidine rings is 1. The second-order valence-electron chi connectivity index (χ2n) is 11.2. The van der Waals surface area contributed by atoms with Crippen LogP contribution >= 0.6 is 0 Å². The van der Waals surface area contributed by atoms with Gasteiger partial charge in [0, 0.05) is 31.9 Å². The highest BCUT2D eigenvalue weighted by Crippen LogP contribution is 2.74. The minimum Gasteiger partial charge on any atom is -0.359 e. The number of fused-ring (bicyclic) bond motifs is 2. The number of rotatable bonds is 7. The molecule has 4 saturated carbocycles. The number of urea groups is 1.